The van der Waals surface area contributed by atoms with Crippen molar-refractivity contribution in [2.75, 3.05) is 19.8 Å². The highest BCUT2D eigenvalue weighted by Gasteiger charge is 2.63. The third-order valence-corrected chi connectivity index (χ3v) is 8.20. The summed E-state index contributed by atoms with van der Waals surface area (Å²) < 4.78 is 55.0. The summed E-state index contributed by atoms with van der Waals surface area (Å²) >= 11 is 0. The van der Waals surface area contributed by atoms with E-state index in [1.807, 2.05) is 37.3 Å². The maximum absolute atomic E-state index is 13.0. The van der Waals surface area contributed by atoms with Crippen molar-refractivity contribution in [2.45, 2.75) is 56.2 Å². The average molecular weight is 496 g/mol. The first-order chi connectivity index (χ1) is 15.6. The molecule has 3 unspecified atom stereocenters. The fourth-order valence-electron chi connectivity index (χ4n) is 3.53. The van der Waals surface area contributed by atoms with Gasteiger partial charge >= 0.3 is 14.4 Å². The zero-order valence-corrected chi connectivity index (χ0v) is 21.3. The van der Waals surface area contributed by atoms with E-state index in [0.29, 0.717) is 6.42 Å². The Morgan fingerprint density at radius 2 is 1.64 bits per heavy atom. The van der Waals surface area contributed by atoms with Gasteiger partial charge in [0.15, 0.2) is 0 Å². The van der Waals surface area contributed by atoms with Gasteiger partial charge in [-0.3, -0.25) is 4.18 Å². The first-order valence-corrected chi connectivity index (χ1v) is 13.2. The Bertz CT molecular complexity index is 1020. The molecule has 0 saturated carbocycles. The zero-order chi connectivity index (χ0) is 24.5. The molecule has 7 nitrogen and oxygen atoms in total. The van der Waals surface area contributed by atoms with E-state index in [2.05, 4.69) is 0 Å². The van der Waals surface area contributed by atoms with Crippen LogP contribution in [0, 0.1) is 6.92 Å². The molecule has 0 aliphatic rings. The SMILES string of the molecule is CCOC(=O)C(C)(OCC)C(CCc1ccccc1)(COS(=O)(=O)c1ccc(C)cc1)[PH+]=O. The van der Waals surface area contributed by atoms with Crippen molar-refractivity contribution in [1.82, 2.24) is 0 Å². The number of rotatable bonds is 13. The minimum Gasteiger partial charge on any atom is -0.464 e. The molecule has 0 fully saturated rings. The van der Waals surface area contributed by atoms with Crippen molar-refractivity contribution in [3.63, 3.8) is 0 Å². The summed E-state index contributed by atoms with van der Waals surface area (Å²) in [5.74, 6) is -0.709. The van der Waals surface area contributed by atoms with Gasteiger partial charge in [-0.2, -0.15) is 8.42 Å². The molecule has 2 rings (SSSR count). The van der Waals surface area contributed by atoms with Gasteiger partial charge in [0, 0.05) is 13.0 Å². The topological polar surface area (TPSA) is 96.0 Å². The summed E-state index contributed by atoms with van der Waals surface area (Å²) in [5, 5.41) is -1.47. The number of hydrogen-bond acceptors (Lipinski definition) is 7. The normalized spacial score (nSPS) is 15.5. The Balaban J connectivity index is 2.45. The summed E-state index contributed by atoms with van der Waals surface area (Å²) in [6.45, 7) is 6.43. The second-order valence-corrected chi connectivity index (χ2v) is 10.7. The molecule has 9 heteroatoms. The molecule has 0 saturated heterocycles. The van der Waals surface area contributed by atoms with Crippen LogP contribution in [0.5, 0.6) is 0 Å². The Morgan fingerprint density at radius 1 is 1.00 bits per heavy atom. The summed E-state index contributed by atoms with van der Waals surface area (Å²) in [5.41, 5.74) is 0.165. The fourth-order valence-corrected chi connectivity index (χ4v) is 5.32. The maximum atomic E-state index is 13.0. The zero-order valence-electron chi connectivity index (χ0n) is 19.5. The molecular formula is C24H32O7PS+. The predicted octanol–water partition coefficient (Wildman–Crippen LogP) is 4.45. The molecule has 0 aliphatic carbocycles. The predicted molar refractivity (Wildman–Crippen MR) is 127 cm³/mol. The van der Waals surface area contributed by atoms with Crippen LogP contribution < -0.4 is 0 Å². The van der Waals surface area contributed by atoms with Crippen molar-refractivity contribution in [3.8, 4) is 0 Å². The van der Waals surface area contributed by atoms with Gasteiger partial charge < -0.3 is 9.47 Å². The molecule has 0 aliphatic heterocycles. The Kier molecular flexibility index (Phi) is 9.73. The molecule has 3 atom stereocenters. The van der Waals surface area contributed by atoms with E-state index in [9.17, 15) is 17.8 Å². The van der Waals surface area contributed by atoms with Crippen LogP contribution in [0.2, 0.25) is 0 Å². The molecule has 180 valence electrons. The molecule has 0 radical (unpaired) electrons. The Labute approximate surface area is 197 Å². The highest BCUT2D eigenvalue weighted by Crippen LogP contribution is 2.43. The van der Waals surface area contributed by atoms with Crippen molar-refractivity contribution >= 4 is 24.5 Å². The van der Waals surface area contributed by atoms with Crippen molar-refractivity contribution in [1.29, 1.82) is 0 Å². The first kappa shape index (κ1) is 27.1. The minimum absolute atomic E-state index is 0.0199. The lowest BCUT2D eigenvalue weighted by molar-refractivity contribution is -0.176. The van der Waals surface area contributed by atoms with Gasteiger partial charge in [0.1, 0.15) is 6.61 Å². The molecule has 0 aromatic heterocycles. The van der Waals surface area contributed by atoms with Gasteiger partial charge in [-0.1, -0.05) is 52.6 Å². The van der Waals surface area contributed by atoms with E-state index in [1.165, 1.54) is 19.1 Å². The van der Waals surface area contributed by atoms with Crippen molar-refractivity contribution < 1.29 is 31.4 Å². The minimum atomic E-state index is -4.16. The maximum Gasteiger partial charge on any atom is 0.343 e. The molecule has 0 amide bonds. The molecule has 0 heterocycles. The highest BCUT2D eigenvalue weighted by atomic mass is 32.2. The van der Waals surface area contributed by atoms with Crippen LogP contribution >= 0.6 is 8.46 Å². The molecule has 2 aromatic rings. The molecule has 0 N–H and O–H groups in total. The quantitative estimate of drug-likeness (QED) is 0.230. The number of esters is 1. The second-order valence-electron chi connectivity index (χ2n) is 7.89. The Morgan fingerprint density at radius 3 is 2.18 bits per heavy atom. The molecule has 33 heavy (non-hydrogen) atoms. The van der Waals surface area contributed by atoms with E-state index in [-0.39, 0.29) is 24.5 Å². The average Bonchev–Trinajstić information content (AvgIpc) is 2.80. The lowest BCUT2D eigenvalue weighted by atomic mass is 9.83. The summed E-state index contributed by atoms with van der Waals surface area (Å²) in [7, 11) is -5.25. The lowest BCUT2D eigenvalue weighted by Crippen LogP contribution is -2.59. The number of ether oxygens (including phenoxy) is 2. The van der Waals surface area contributed by atoms with Crippen LogP contribution in [0.4, 0.5) is 0 Å². The van der Waals surface area contributed by atoms with E-state index in [0.717, 1.165) is 11.1 Å². The third-order valence-electron chi connectivity index (χ3n) is 5.66. The van der Waals surface area contributed by atoms with Crippen molar-refractivity contribution in [2.24, 2.45) is 0 Å². The van der Waals surface area contributed by atoms with Crippen LogP contribution in [0.3, 0.4) is 0 Å². The van der Waals surface area contributed by atoms with Crippen LogP contribution in [0.15, 0.2) is 59.5 Å². The van der Waals surface area contributed by atoms with Gasteiger partial charge in [-0.15, -0.1) is 0 Å². The summed E-state index contributed by atoms with van der Waals surface area (Å²) in [6.07, 6.45) is 0.615. The monoisotopic (exact) mass is 495 g/mol. The number of hydrogen-bond donors (Lipinski definition) is 0. The van der Waals surface area contributed by atoms with Gasteiger partial charge in [0.25, 0.3) is 10.1 Å². The first-order valence-electron chi connectivity index (χ1n) is 10.8. The third kappa shape index (κ3) is 6.48. The van der Waals surface area contributed by atoms with Gasteiger partial charge in [-0.25, -0.2) is 4.79 Å². The highest BCUT2D eigenvalue weighted by molar-refractivity contribution is 7.86. The number of benzene rings is 2. The van der Waals surface area contributed by atoms with Crippen LogP contribution in [0.1, 0.15) is 38.3 Å². The van der Waals surface area contributed by atoms with E-state index < -0.39 is 41.9 Å². The fraction of sp³-hybridized carbons (Fsp3) is 0.458. The lowest BCUT2D eigenvalue weighted by Gasteiger charge is -2.37. The Hall–Kier alpha value is -2.12. The standard InChI is InChI=1S/C24H31O7PS/c1-5-29-22(25)23(4,30-6-2)24(32-26,17-16-20-10-8-7-9-11-20)18-31-33(27,28)21-14-12-19(3)13-15-21/h7-15H,5-6,16-18H2,1-4H3/p+1. The van der Waals surface area contributed by atoms with Gasteiger partial charge in [0.05, 0.1) is 11.5 Å². The van der Waals surface area contributed by atoms with E-state index >= 15 is 0 Å². The largest absolute Gasteiger partial charge is 0.464 e. The molecule has 0 spiro atoms. The summed E-state index contributed by atoms with van der Waals surface area (Å²) in [4.78, 5) is 13.0. The van der Waals surface area contributed by atoms with Crippen LogP contribution in [-0.2, 0) is 39.6 Å². The second kappa shape index (κ2) is 11.8. The van der Waals surface area contributed by atoms with Crippen molar-refractivity contribution in [3.05, 3.63) is 65.7 Å². The van der Waals surface area contributed by atoms with E-state index in [1.54, 1.807) is 26.0 Å². The van der Waals surface area contributed by atoms with Crippen LogP contribution in [0.25, 0.3) is 0 Å². The van der Waals surface area contributed by atoms with Crippen LogP contribution in [-0.4, -0.2) is 45.0 Å². The molecule has 2 aromatic carbocycles. The van der Waals surface area contributed by atoms with Gasteiger partial charge in [-0.05, 0) is 51.8 Å². The number of aryl methyl sites for hydroxylation is 2. The summed E-state index contributed by atoms with van der Waals surface area (Å²) in [6, 6.07) is 15.7. The number of carbonyl (C=O) groups is 1. The van der Waals surface area contributed by atoms with Gasteiger partial charge in [0.2, 0.25) is 10.8 Å². The number of carbonyl (C=O) groups excluding carboxylic acids is 1. The molecular weight excluding hydrogens is 463 g/mol. The smallest absolute Gasteiger partial charge is 0.343 e. The van der Waals surface area contributed by atoms with E-state index in [4.69, 9.17) is 13.7 Å². The molecule has 0 bridgehead atoms.